The second-order valence-corrected chi connectivity index (χ2v) is 4.96. The van der Waals surface area contributed by atoms with E-state index in [1.165, 1.54) is 12.1 Å². The zero-order chi connectivity index (χ0) is 15.8. The van der Waals surface area contributed by atoms with Crippen LogP contribution in [0.25, 0.3) is 0 Å². The van der Waals surface area contributed by atoms with Gasteiger partial charge < -0.3 is 10.1 Å². The van der Waals surface area contributed by atoms with E-state index in [1.54, 1.807) is 12.1 Å². The number of carbonyl (C=O) groups is 1. The van der Waals surface area contributed by atoms with Crippen LogP contribution < -0.4 is 10.1 Å². The fraction of sp³-hybridized carbons (Fsp3) is 0.278. The van der Waals surface area contributed by atoms with Gasteiger partial charge in [-0.2, -0.15) is 0 Å². The van der Waals surface area contributed by atoms with Crippen molar-refractivity contribution in [2.75, 3.05) is 11.9 Å². The van der Waals surface area contributed by atoms with E-state index >= 15 is 0 Å². The summed E-state index contributed by atoms with van der Waals surface area (Å²) in [4.78, 5) is 11.9. The number of aryl methyl sites for hydroxylation is 1. The summed E-state index contributed by atoms with van der Waals surface area (Å²) in [5.74, 6) is 0.295. The third-order valence-electron chi connectivity index (χ3n) is 3.30. The van der Waals surface area contributed by atoms with Crippen molar-refractivity contribution in [3.63, 3.8) is 0 Å². The largest absolute Gasteiger partial charge is 0.494 e. The quantitative estimate of drug-likeness (QED) is 0.779. The highest BCUT2D eigenvalue weighted by Crippen LogP contribution is 2.16. The minimum absolute atomic E-state index is 0.0244. The molecule has 116 valence electrons. The average Bonchev–Trinajstić information content (AvgIpc) is 2.54. The molecule has 0 aromatic heterocycles. The van der Waals surface area contributed by atoms with Crippen molar-refractivity contribution in [3.05, 3.63) is 59.9 Å². The third kappa shape index (κ3) is 4.88. The fourth-order valence-electron chi connectivity index (χ4n) is 2.12. The molecule has 0 fully saturated rings. The second-order valence-electron chi connectivity index (χ2n) is 4.96. The van der Waals surface area contributed by atoms with E-state index in [1.807, 2.05) is 24.3 Å². The topological polar surface area (TPSA) is 38.3 Å². The lowest BCUT2D eigenvalue weighted by atomic mass is 10.1. The predicted octanol–water partition coefficient (Wildman–Crippen LogP) is 4.19. The SMILES string of the molecule is CCc1ccccc1NC(=O)CCCOc1ccc(F)cc1. The van der Waals surface area contributed by atoms with E-state index in [9.17, 15) is 9.18 Å². The van der Waals surface area contributed by atoms with E-state index in [4.69, 9.17) is 4.74 Å². The number of hydrogen-bond acceptors (Lipinski definition) is 2. The molecule has 0 aliphatic heterocycles. The van der Waals surface area contributed by atoms with Crippen molar-refractivity contribution in [1.29, 1.82) is 0 Å². The van der Waals surface area contributed by atoms with Gasteiger partial charge in [0.25, 0.3) is 0 Å². The minimum atomic E-state index is -0.290. The van der Waals surface area contributed by atoms with Gasteiger partial charge in [-0.15, -0.1) is 0 Å². The zero-order valence-corrected chi connectivity index (χ0v) is 12.6. The van der Waals surface area contributed by atoms with E-state index in [0.717, 1.165) is 17.7 Å². The van der Waals surface area contributed by atoms with Gasteiger partial charge in [0.05, 0.1) is 6.61 Å². The zero-order valence-electron chi connectivity index (χ0n) is 12.6. The summed E-state index contributed by atoms with van der Waals surface area (Å²) in [6.45, 7) is 2.48. The Bertz CT molecular complexity index is 611. The van der Waals surface area contributed by atoms with Crippen molar-refractivity contribution in [1.82, 2.24) is 0 Å². The smallest absolute Gasteiger partial charge is 0.224 e. The molecule has 0 saturated heterocycles. The van der Waals surface area contributed by atoms with E-state index < -0.39 is 0 Å². The van der Waals surface area contributed by atoms with Crippen LogP contribution in [0.4, 0.5) is 10.1 Å². The minimum Gasteiger partial charge on any atom is -0.494 e. The highest BCUT2D eigenvalue weighted by molar-refractivity contribution is 5.91. The van der Waals surface area contributed by atoms with Gasteiger partial charge in [0.15, 0.2) is 0 Å². The molecule has 3 nitrogen and oxygen atoms in total. The summed E-state index contributed by atoms with van der Waals surface area (Å²) in [5, 5.41) is 2.92. The first-order valence-electron chi connectivity index (χ1n) is 7.45. The molecule has 0 atom stereocenters. The van der Waals surface area contributed by atoms with Gasteiger partial charge in [0.2, 0.25) is 5.91 Å². The van der Waals surface area contributed by atoms with Crippen molar-refractivity contribution in [2.24, 2.45) is 0 Å². The second kappa shape index (κ2) is 8.17. The Morgan fingerprint density at radius 2 is 1.86 bits per heavy atom. The molecule has 0 radical (unpaired) electrons. The lowest BCUT2D eigenvalue weighted by Gasteiger charge is -2.10. The summed E-state index contributed by atoms with van der Waals surface area (Å²) in [6.07, 6.45) is 1.88. The van der Waals surface area contributed by atoms with Crippen molar-refractivity contribution >= 4 is 11.6 Å². The monoisotopic (exact) mass is 301 g/mol. The van der Waals surface area contributed by atoms with Crippen molar-refractivity contribution < 1.29 is 13.9 Å². The number of rotatable bonds is 7. The van der Waals surface area contributed by atoms with Crippen molar-refractivity contribution in [2.45, 2.75) is 26.2 Å². The lowest BCUT2D eigenvalue weighted by molar-refractivity contribution is -0.116. The molecule has 0 heterocycles. The first kappa shape index (κ1) is 16.0. The van der Waals surface area contributed by atoms with Crippen LogP contribution in [0.1, 0.15) is 25.3 Å². The Balaban J connectivity index is 1.72. The van der Waals surface area contributed by atoms with Gasteiger partial charge in [-0.05, 0) is 48.7 Å². The molecule has 2 aromatic carbocycles. The summed E-state index contributed by atoms with van der Waals surface area (Å²) < 4.78 is 18.2. The van der Waals surface area contributed by atoms with E-state index in [2.05, 4.69) is 12.2 Å². The Morgan fingerprint density at radius 1 is 1.14 bits per heavy atom. The van der Waals surface area contributed by atoms with Gasteiger partial charge in [0, 0.05) is 12.1 Å². The first-order chi connectivity index (χ1) is 10.7. The van der Waals surface area contributed by atoms with Gasteiger partial charge in [0.1, 0.15) is 11.6 Å². The maximum Gasteiger partial charge on any atom is 0.224 e. The van der Waals surface area contributed by atoms with Crippen LogP contribution in [0.15, 0.2) is 48.5 Å². The average molecular weight is 301 g/mol. The van der Waals surface area contributed by atoms with E-state index in [0.29, 0.717) is 25.2 Å². The van der Waals surface area contributed by atoms with Gasteiger partial charge >= 0.3 is 0 Å². The third-order valence-corrected chi connectivity index (χ3v) is 3.30. The first-order valence-corrected chi connectivity index (χ1v) is 7.45. The Labute approximate surface area is 130 Å². The van der Waals surface area contributed by atoms with Crippen LogP contribution >= 0.6 is 0 Å². The van der Waals surface area contributed by atoms with Crippen LogP contribution in [0.3, 0.4) is 0 Å². The molecule has 2 rings (SSSR count). The standard InChI is InChI=1S/C18H20FNO2/c1-2-14-6-3-4-7-17(14)20-18(21)8-5-13-22-16-11-9-15(19)10-12-16/h3-4,6-7,9-12H,2,5,8,13H2,1H3,(H,20,21). The number of carbonyl (C=O) groups excluding carboxylic acids is 1. The number of nitrogens with one attached hydrogen (secondary N) is 1. The van der Waals surface area contributed by atoms with Crippen molar-refractivity contribution in [3.8, 4) is 5.75 Å². The Kier molecular flexibility index (Phi) is 5.95. The Morgan fingerprint density at radius 3 is 2.59 bits per heavy atom. The highest BCUT2D eigenvalue weighted by Gasteiger charge is 2.05. The molecular weight excluding hydrogens is 281 g/mol. The fourth-order valence-corrected chi connectivity index (χ4v) is 2.12. The number of hydrogen-bond donors (Lipinski definition) is 1. The molecule has 0 bridgehead atoms. The lowest BCUT2D eigenvalue weighted by Crippen LogP contribution is -2.14. The Hall–Kier alpha value is -2.36. The molecule has 22 heavy (non-hydrogen) atoms. The van der Waals surface area contributed by atoms with Gasteiger partial charge in [-0.3, -0.25) is 4.79 Å². The number of ether oxygens (including phenoxy) is 1. The number of anilines is 1. The van der Waals surface area contributed by atoms with Crippen LogP contribution in [0, 0.1) is 5.82 Å². The molecular formula is C18H20FNO2. The van der Waals surface area contributed by atoms with Gasteiger partial charge in [-0.25, -0.2) is 4.39 Å². The number of benzene rings is 2. The molecule has 1 amide bonds. The summed E-state index contributed by atoms with van der Waals surface area (Å²) >= 11 is 0. The highest BCUT2D eigenvalue weighted by atomic mass is 19.1. The molecule has 0 aliphatic rings. The van der Waals surface area contributed by atoms with Crippen LogP contribution in [-0.2, 0) is 11.2 Å². The van der Waals surface area contributed by atoms with Crippen LogP contribution in [-0.4, -0.2) is 12.5 Å². The number of para-hydroxylation sites is 1. The molecule has 0 saturated carbocycles. The molecule has 0 aliphatic carbocycles. The molecule has 1 N–H and O–H groups in total. The normalized spacial score (nSPS) is 10.3. The van der Waals surface area contributed by atoms with Crippen LogP contribution in [0.2, 0.25) is 0 Å². The maximum absolute atomic E-state index is 12.7. The summed E-state index contributed by atoms with van der Waals surface area (Å²) in [5.41, 5.74) is 1.99. The predicted molar refractivity (Wildman–Crippen MR) is 85.6 cm³/mol. The molecule has 2 aromatic rings. The van der Waals surface area contributed by atoms with E-state index in [-0.39, 0.29) is 11.7 Å². The molecule has 4 heteroatoms. The maximum atomic E-state index is 12.7. The summed E-state index contributed by atoms with van der Waals surface area (Å²) in [6, 6.07) is 13.6. The molecule has 0 spiro atoms. The van der Waals surface area contributed by atoms with Crippen LogP contribution in [0.5, 0.6) is 5.75 Å². The number of halogens is 1. The number of amides is 1. The van der Waals surface area contributed by atoms with Gasteiger partial charge in [-0.1, -0.05) is 25.1 Å². The molecule has 0 unspecified atom stereocenters. The summed E-state index contributed by atoms with van der Waals surface area (Å²) in [7, 11) is 0.